The number of carbonyl (C=O) groups excluding carboxylic acids is 2. The molecule has 0 fully saturated rings. The fourth-order valence-corrected chi connectivity index (χ4v) is 4.24. The molecular formula is C37H34O8. The number of aryl methyl sites for hydroxylation is 2. The van der Waals surface area contributed by atoms with Crippen LogP contribution in [0.5, 0.6) is 17.2 Å². The molecule has 0 aromatic heterocycles. The zero-order valence-electron chi connectivity index (χ0n) is 25.0. The molecule has 0 spiro atoms. The van der Waals surface area contributed by atoms with Crippen LogP contribution in [0.25, 0.3) is 0 Å². The summed E-state index contributed by atoms with van der Waals surface area (Å²) in [6, 6.07) is 36.8. The molecule has 0 saturated carbocycles. The fraction of sp³-hybridized carbons (Fsp3) is 0.108. The number of carbonyl (C=O) groups is 3. The van der Waals surface area contributed by atoms with Crippen molar-refractivity contribution in [2.24, 2.45) is 0 Å². The van der Waals surface area contributed by atoms with E-state index in [0.717, 1.165) is 16.7 Å². The van der Waals surface area contributed by atoms with Gasteiger partial charge in [0.15, 0.2) is 0 Å². The third-order valence-electron chi connectivity index (χ3n) is 6.43. The van der Waals surface area contributed by atoms with Gasteiger partial charge in [0.05, 0.1) is 11.1 Å². The van der Waals surface area contributed by atoms with E-state index >= 15 is 0 Å². The highest BCUT2D eigenvalue weighted by Gasteiger charge is 2.19. The molecule has 45 heavy (non-hydrogen) atoms. The maximum atomic E-state index is 12.6. The summed E-state index contributed by atoms with van der Waals surface area (Å²) >= 11 is 0. The third kappa shape index (κ3) is 10.6. The van der Waals surface area contributed by atoms with E-state index in [1.807, 2.05) is 73.5 Å². The largest absolute Gasteiger partial charge is 0.478 e. The third-order valence-corrected chi connectivity index (χ3v) is 6.43. The van der Waals surface area contributed by atoms with Gasteiger partial charge < -0.3 is 19.4 Å². The minimum absolute atomic E-state index is 0.0216. The molecule has 2 N–H and O–H groups in total. The lowest BCUT2D eigenvalue weighted by molar-refractivity contribution is -0.253. The molecule has 0 heterocycles. The molecule has 5 rings (SSSR count). The van der Waals surface area contributed by atoms with Gasteiger partial charge in [-0.1, -0.05) is 90.0 Å². The molecule has 0 aliphatic rings. The van der Waals surface area contributed by atoms with Gasteiger partial charge in [-0.2, -0.15) is 0 Å². The van der Waals surface area contributed by atoms with E-state index in [1.165, 1.54) is 17.7 Å². The Morgan fingerprint density at radius 3 is 1.87 bits per heavy atom. The summed E-state index contributed by atoms with van der Waals surface area (Å²) in [5, 5.41) is 18.3. The Balaban J connectivity index is 0.000000534. The van der Waals surface area contributed by atoms with Gasteiger partial charge in [-0.05, 0) is 73.9 Å². The second kappa shape index (κ2) is 17.5. The van der Waals surface area contributed by atoms with E-state index in [2.05, 4.69) is 23.9 Å². The first-order valence-corrected chi connectivity index (χ1v) is 13.9. The van der Waals surface area contributed by atoms with E-state index in [4.69, 9.17) is 19.5 Å². The van der Waals surface area contributed by atoms with Crippen LogP contribution in [-0.4, -0.2) is 29.1 Å². The Labute approximate surface area is 262 Å². The lowest BCUT2D eigenvalue weighted by Gasteiger charge is -2.13. The molecule has 0 radical (unpaired) electrons. The van der Waals surface area contributed by atoms with Gasteiger partial charge in [0.2, 0.25) is 0 Å². The second-order valence-corrected chi connectivity index (χ2v) is 9.85. The van der Waals surface area contributed by atoms with Gasteiger partial charge in [0.25, 0.3) is 0 Å². The Bertz CT molecular complexity index is 1670. The van der Waals surface area contributed by atoms with E-state index in [9.17, 15) is 14.7 Å². The predicted octanol–water partition coefficient (Wildman–Crippen LogP) is 8.10. The van der Waals surface area contributed by atoms with Crippen molar-refractivity contribution >= 4 is 18.7 Å². The van der Waals surface area contributed by atoms with Crippen LogP contribution in [-0.2, 0) is 22.7 Å². The highest BCUT2D eigenvalue weighted by Crippen LogP contribution is 2.30. The smallest absolute Gasteiger partial charge is 0.344 e. The van der Waals surface area contributed by atoms with Crippen molar-refractivity contribution in [3.8, 4) is 17.2 Å². The minimum atomic E-state index is -1.21. The highest BCUT2D eigenvalue weighted by atomic mass is 17.1. The molecular weight excluding hydrogens is 572 g/mol. The van der Waals surface area contributed by atoms with Crippen molar-refractivity contribution in [2.75, 3.05) is 0 Å². The van der Waals surface area contributed by atoms with Gasteiger partial charge >= 0.3 is 11.9 Å². The quantitative estimate of drug-likeness (QED) is 0.0748. The summed E-state index contributed by atoms with van der Waals surface area (Å²) in [5.41, 5.74) is 4.75. The van der Waals surface area contributed by atoms with Crippen LogP contribution in [0.4, 0.5) is 0 Å². The summed E-state index contributed by atoms with van der Waals surface area (Å²) in [6.07, 6.45) is 0.712. The summed E-state index contributed by atoms with van der Waals surface area (Å²) in [7, 11) is 0. The molecule has 8 nitrogen and oxygen atoms in total. The standard InChI is InChI=1S/C29H24O7.C7H8.CH2O/c1-19-7-14-25(28(30)31)26(15-19)29(32)36-24-12-10-23(11-13-24)35-27-17-21(8-9-22(27)18-34-33)16-20-5-3-2-4-6-20;1-7-5-3-2-4-6-7;1-2/h2-15,17,33H,16,18H2,1H3,(H,30,31);2-6H,1H3;1H2. The van der Waals surface area contributed by atoms with Crippen molar-refractivity contribution in [1.82, 2.24) is 0 Å². The van der Waals surface area contributed by atoms with E-state index in [-0.39, 0.29) is 23.5 Å². The number of hydrogen-bond acceptors (Lipinski definition) is 7. The van der Waals surface area contributed by atoms with Crippen LogP contribution in [0, 0.1) is 13.8 Å². The number of carboxylic acid groups (broad SMARTS) is 1. The molecule has 0 bridgehead atoms. The van der Waals surface area contributed by atoms with Crippen molar-refractivity contribution in [1.29, 1.82) is 0 Å². The van der Waals surface area contributed by atoms with Crippen molar-refractivity contribution in [2.45, 2.75) is 26.9 Å². The van der Waals surface area contributed by atoms with Crippen LogP contribution in [0.3, 0.4) is 0 Å². The van der Waals surface area contributed by atoms with Gasteiger partial charge in [0.1, 0.15) is 30.6 Å². The van der Waals surface area contributed by atoms with Gasteiger partial charge in [-0.15, -0.1) is 0 Å². The Hall–Kier alpha value is -5.57. The molecule has 0 aliphatic carbocycles. The van der Waals surface area contributed by atoms with Crippen LogP contribution < -0.4 is 9.47 Å². The molecule has 0 unspecified atom stereocenters. The van der Waals surface area contributed by atoms with Crippen LogP contribution in [0.1, 0.15) is 48.5 Å². The minimum Gasteiger partial charge on any atom is -0.478 e. The number of hydrogen-bond donors (Lipinski definition) is 2. The summed E-state index contributed by atoms with van der Waals surface area (Å²) in [6.45, 7) is 5.80. The fourth-order valence-electron chi connectivity index (χ4n) is 4.24. The first kappa shape index (κ1) is 33.9. The number of aromatic carboxylic acids is 1. The molecule has 8 heteroatoms. The van der Waals surface area contributed by atoms with Crippen LogP contribution in [0.2, 0.25) is 0 Å². The van der Waals surface area contributed by atoms with Crippen molar-refractivity contribution in [3.05, 3.63) is 160 Å². The average Bonchev–Trinajstić information content (AvgIpc) is 3.05. The van der Waals surface area contributed by atoms with Gasteiger partial charge in [-0.25, -0.2) is 14.5 Å². The van der Waals surface area contributed by atoms with E-state index < -0.39 is 11.9 Å². The lowest BCUT2D eigenvalue weighted by Crippen LogP contribution is -2.14. The van der Waals surface area contributed by atoms with E-state index in [1.54, 1.807) is 37.3 Å². The average molecular weight is 607 g/mol. The number of ether oxygens (including phenoxy) is 2. The maximum absolute atomic E-state index is 12.6. The molecule has 0 amide bonds. The zero-order valence-corrected chi connectivity index (χ0v) is 25.0. The monoisotopic (exact) mass is 606 g/mol. The molecule has 0 saturated heterocycles. The van der Waals surface area contributed by atoms with Gasteiger partial charge in [-0.3, -0.25) is 5.26 Å². The number of carboxylic acids is 1. The zero-order chi connectivity index (χ0) is 32.6. The molecule has 230 valence electrons. The SMILES string of the molecule is C=O.Cc1ccc(C(=O)O)c(C(=O)Oc2ccc(Oc3cc(Cc4ccccc4)ccc3COO)cc2)c1.Cc1ccccc1. The lowest BCUT2D eigenvalue weighted by atomic mass is 10.0. The summed E-state index contributed by atoms with van der Waals surface area (Å²) < 4.78 is 11.4. The van der Waals surface area contributed by atoms with Crippen LogP contribution >= 0.6 is 0 Å². The molecule has 0 aliphatic heterocycles. The van der Waals surface area contributed by atoms with Gasteiger partial charge in [0, 0.05) is 5.56 Å². The number of rotatable bonds is 9. The predicted molar refractivity (Wildman–Crippen MR) is 171 cm³/mol. The topological polar surface area (TPSA) is 119 Å². The summed E-state index contributed by atoms with van der Waals surface area (Å²) in [4.78, 5) is 36.4. The Kier molecular flexibility index (Phi) is 13.2. The first-order chi connectivity index (χ1) is 21.8. The Morgan fingerprint density at radius 1 is 0.667 bits per heavy atom. The van der Waals surface area contributed by atoms with Crippen LogP contribution in [0.15, 0.2) is 121 Å². The van der Waals surface area contributed by atoms with Crippen molar-refractivity contribution in [3.63, 3.8) is 0 Å². The second-order valence-electron chi connectivity index (χ2n) is 9.85. The number of esters is 1. The molecule has 0 atom stereocenters. The van der Waals surface area contributed by atoms with Crippen molar-refractivity contribution < 1.29 is 39.1 Å². The molecule has 5 aromatic carbocycles. The van der Waals surface area contributed by atoms with E-state index in [0.29, 0.717) is 23.5 Å². The summed E-state index contributed by atoms with van der Waals surface area (Å²) in [5.74, 6) is -0.730. The Morgan fingerprint density at radius 2 is 1.29 bits per heavy atom. The molecule has 5 aromatic rings. The normalized spacial score (nSPS) is 9.93. The number of benzene rings is 5. The maximum Gasteiger partial charge on any atom is 0.344 e. The first-order valence-electron chi connectivity index (χ1n) is 13.9. The highest BCUT2D eigenvalue weighted by molar-refractivity contribution is 6.03.